The lowest BCUT2D eigenvalue weighted by molar-refractivity contribution is 0.276. The summed E-state index contributed by atoms with van der Waals surface area (Å²) in [4.78, 5) is 0. The third-order valence-corrected chi connectivity index (χ3v) is 8.50. The number of hydrogen-bond donors (Lipinski definition) is 2. The Bertz CT molecular complexity index is 609. The molecule has 124 valence electrons. The quantitative estimate of drug-likeness (QED) is 0.662. The minimum atomic E-state index is -1.83. The van der Waals surface area contributed by atoms with E-state index in [4.69, 9.17) is 14.6 Å². The SMILES string of the molecule is CC(C)(C)[Si](C)(C)OCc1cc(C#CCO)cc(C#CCO)c1. The van der Waals surface area contributed by atoms with E-state index in [0.29, 0.717) is 6.61 Å². The summed E-state index contributed by atoms with van der Waals surface area (Å²) in [6.07, 6.45) is 0. The van der Waals surface area contributed by atoms with Crippen molar-refractivity contribution < 1.29 is 14.6 Å². The van der Waals surface area contributed by atoms with E-state index in [-0.39, 0.29) is 18.3 Å². The van der Waals surface area contributed by atoms with Crippen molar-refractivity contribution >= 4 is 8.32 Å². The highest BCUT2D eigenvalue weighted by Crippen LogP contribution is 2.37. The lowest BCUT2D eigenvalue weighted by Crippen LogP contribution is -2.40. The van der Waals surface area contributed by atoms with Gasteiger partial charge in [0.2, 0.25) is 0 Å². The zero-order chi connectivity index (χ0) is 17.5. The second-order valence-corrected chi connectivity index (χ2v) is 11.7. The molecule has 3 nitrogen and oxygen atoms in total. The molecule has 0 saturated carbocycles. The molecule has 1 rings (SSSR count). The van der Waals surface area contributed by atoms with Crippen LogP contribution in [0.15, 0.2) is 18.2 Å². The van der Waals surface area contributed by atoms with Gasteiger partial charge in [-0.1, -0.05) is 44.5 Å². The van der Waals surface area contributed by atoms with E-state index in [1.54, 1.807) is 0 Å². The van der Waals surface area contributed by atoms with Gasteiger partial charge in [-0.3, -0.25) is 0 Å². The standard InChI is InChI=1S/C19H26O3Si/c1-19(2,3)23(4,5)22-15-18-13-16(8-6-10-20)12-17(14-18)9-7-11-21/h12-14,20-21H,10-11,15H2,1-5H3. The van der Waals surface area contributed by atoms with Crippen LogP contribution in [0.2, 0.25) is 18.1 Å². The number of benzene rings is 1. The van der Waals surface area contributed by atoms with Crippen molar-refractivity contribution in [1.29, 1.82) is 0 Å². The van der Waals surface area contributed by atoms with Gasteiger partial charge in [-0.2, -0.15) is 0 Å². The van der Waals surface area contributed by atoms with Gasteiger partial charge < -0.3 is 14.6 Å². The summed E-state index contributed by atoms with van der Waals surface area (Å²) in [6.45, 7) is 11.2. The van der Waals surface area contributed by atoms with Crippen molar-refractivity contribution in [1.82, 2.24) is 0 Å². The normalized spacial score (nSPS) is 11.3. The van der Waals surface area contributed by atoms with Crippen LogP contribution >= 0.6 is 0 Å². The molecular weight excluding hydrogens is 304 g/mol. The van der Waals surface area contributed by atoms with Gasteiger partial charge in [-0.05, 0) is 41.9 Å². The highest BCUT2D eigenvalue weighted by Gasteiger charge is 2.37. The zero-order valence-electron chi connectivity index (χ0n) is 14.7. The summed E-state index contributed by atoms with van der Waals surface area (Å²) in [6, 6.07) is 5.76. The van der Waals surface area contributed by atoms with Crippen LogP contribution in [0.3, 0.4) is 0 Å². The van der Waals surface area contributed by atoms with Gasteiger partial charge >= 0.3 is 0 Å². The predicted molar refractivity (Wildman–Crippen MR) is 96.4 cm³/mol. The fourth-order valence-corrected chi connectivity index (χ4v) is 2.64. The molecule has 0 aliphatic rings. The zero-order valence-corrected chi connectivity index (χ0v) is 15.7. The van der Waals surface area contributed by atoms with E-state index in [1.807, 2.05) is 18.2 Å². The van der Waals surface area contributed by atoms with Gasteiger partial charge in [0.25, 0.3) is 0 Å². The maximum Gasteiger partial charge on any atom is 0.192 e. The molecule has 0 radical (unpaired) electrons. The van der Waals surface area contributed by atoms with Crippen molar-refractivity contribution in [2.24, 2.45) is 0 Å². The second kappa shape index (κ2) is 8.33. The summed E-state index contributed by atoms with van der Waals surface area (Å²) < 4.78 is 6.24. The van der Waals surface area contributed by atoms with Gasteiger partial charge in [0.05, 0.1) is 6.61 Å². The first-order valence-electron chi connectivity index (χ1n) is 7.67. The molecule has 0 amide bonds. The van der Waals surface area contributed by atoms with Crippen molar-refractivity contribution in [3.05, 3.63) is 34.9 Å². The van der Waals surface area contributed by atoms with Crippen LogP contribution in [-0.4, -0.2) is 31.7 Å². The monoisotopic (exact) mass is 330 g/mol. The molecule has 2 N–H and O–H groups in total. The fraction of sp³-hybridized carbons (Fsp3) is 0.474. The lowest BCUT2D eigenvalue weighted by Gasteiger charge is -2.36. The van der Waals surface area contributed by atoms with Crippen molar-refractivity contribution in [2.75, 3.05) is 13.2 Å². The number of aliphatic hydroxyl groups excluding tert-OH is 2. The first-order valence-corrected chi connectivity index (χ1v) is 10.6. The number of aliphatic hydroxyl groups is 2. The van der Waals surface area contributed by atoms with Crippen LogP contribution in [0, 0.1) is 23.7 Å². The van der Waals surface area contributed by atoms with E-state index < -0.39 is 8.32 Å². The van der Waals surface area contributed by atoms with Gasteiger partial charge in [0.15, 0.2) is 8.32 Å². The Kier molecular flexibility index (Phi) is 7.06. The molecule has 0 fully saturated rings. The third kappa shape index (κ3) is 6.21. The molecule has 0 aromatic heterocycles. The van der Waals surface area contributed by atoms with Gasteiger partial charge in [-0.15, -0.1) is 0 Å². The Morgan fingerprint density at radius 1 is 0.957 bits per heavy atom. The molecule has 0 bridgehead atoms. The predicted octanol–water partition coefficient (Wildman–Crippen LogP) is 2.90. The average Bonchev–Trinajstić information content (AvgIpc) is 2.48. The van der Waals surface area contributed by atoms with Crippen LogP contribution < -0.4 is 0 Å². The van der Waals surface area contributed by atoms with Gasteiger partial charge in [0.1, 0.15) is 13.2 Å². The first-order chi connectivity index (χ1) is 10.7. The minimum Gasteiger partial charge on any atom is -0.413 e. The van der Waals surface area contributed by atoms with Crippen molar-refractivity contribution in [2.45, 2.75) is 45.5 Å². The van der Waals surface area contributed by atoms with Crippen LogP contribution in [-0.2, 0) is 11.0 Å². The maximum atomic E-state index is 8.85. The highest BCUT2D eigenvalue weighted by molar-refractivity contribution is 6.74. The molecule has 0 unspecified atom stereocenters. The summed E-state index contributed by atoms with van der Waals surface area (Å²) in [7, 11) is -1.83. The fourth-order valence-electron chi connectivity index (χ4n) is 1.68. The van der Waals surface area contributed by atoms with Crippen molar-refractivity contribution in [3.8, 4) is 23.7 Å². The summed E-state index contributed by atoms with van der Waals surface area (Å²) >= 11 is 0. The third-order valence-electron chi connectivity index (χ3n) is 4.02. The molecule has 1 aromatic carbocycles. The molecular formula is C19H26O3Si. The molecule has 4 heteroatoms. The largest absolute Gasteiger partial charge is 0.413 e. The van der Waals surface area contributed by atoms with Crippen LogP contribution in [0.25, 0.3) is 0 Å². The van der Waals surface area contributed by atoms with E-state index in [1.165, 1.54) is 0 Å². The Morgan fingerprint density at radius 2 is 1.43 bits per heavy atom. The molecule has 0 aliphatic heterocycles. The average molecular weight is 331 g/mol. The Labute approximate surface area is 140 Å². The molecule has 23 heavy (non-hydrogen) atoms. The Morgan fingerprint density at radius 3 is 1.83 bits per heavy atom. The highest BCUT2D eigenvalue weighted by atomic mass is 28.4. The Balaban J connectivity index is 3.05. The molecule has 0 aliphatic carbocycles. The summed E-state index contributed by atoms with van der Waals surface area (Å²) in [5.74, 6) is 11.1. The summed E-state index contributed by atoms with van der Waals surface area (Å²) in [5.41, 5.74) is 2.58. The molecule has 0 heterocycles. The first kappa shape index (κ1) is 19.5. The smallest absolute Gasteiger partial charge is 0.192 e. The molecule has 0 atom stereocenters. The number of rotatable bonds is 3. The second-order valence-electron chi connectivity index (χ2n) is 6.89. The summed E-state index contributed by atoms with van der Waals surface area (Å²) in [5, 5.41) is 17.9. The molecule has 1 aromatic rings. The molecule has 0 saturated heterocycles. The van der Waals surface area contributed by atoms with Gasteiger partial charge in [0, 0.05) is 11.1 Å². The minimum absolute atomic E-state index is 0.154. The van der Waals surface area contributed by atoms with Crippen LogP contribution in [0.1, 0.15) is 37.5 Å². The number of hydrogen-bond acceptors (Lipinski definition) is 3. The molecule has 0 spiro atoms. The topological polar surface area (TPSA) is 49.7 Å². The Hall–Kier alpha value is -1.56. The van der Waals surface area contributed by atoms with Crippen molar-refractivity contribution in [3.63, 3.8) is 0 Å². The van der Waals surface area contributed by atoms with E-state index in [0.717, 1.165) is 16.7 Å². The van der Waals surface area contributed by atoms with Crippen LogP contribution in [0.5, 0.6) is 0 Å². The van der Waals surface area contributed by atoms with Gasteiger partial charge in [-0.25, -0.2) is 0 Å². The maximum absolute atomic E-state index is 8.85. The van der Waals surface area contributed by atoms with Crippen LogP contribution in [0.4, 0.5) is 0 Å². The van der Waals surface area contributed by atoms with E-state index >= 15 is 0 Å². The lowest BCUT2D eigenvalue weighted by atomic mass is 10.1. The van der Waals surface area contributed by atoms with E-state index in [2.05, 4.69) is 57.5 Å². The van der Waals surface area contributed by atoms with E-state index in [9.17, 15) is 0 Å².